The molecule has 1 aliphatic heterocycles. The van der Waals surface area contributed by atoms with Crippen molar-refractivity contribution in [3.8, 4) is 0 Å². The lowest BCUT2D eigenvalue weighted by Crippen LogP contribution is -2.49. The zero-order chi connectivity index (χ0) is 21.6. The van der Waals surface area contributed by atoms with Gasteiger partial charge >= 0.3 is 0 Å². The molecule has 2 aromatic carbocycles. The Balaban J connectivity index is 1.38. The largest absolute Gasteiger partial charge is 0.336 e. The number of carbonyl (C=O) groups excluding carboxylic acids is 2. The van der Waals surface area contributed by atoms with Crippen LogP contribution in [0, 0.1) is 0 Å². The summed E-state index contributed by atoms with van der Waals surface area (Å²) in [6, 6.07) is 21.6. The SMILES string of the molecule is CN(C(=O)c1cccs1)c1ccccc1C(=O)N1CCN(CCc2ccccc2)CC1. The highest BCUT2D eigenvalue weighted by Crippen LogP contribution is 2.24. The van der Waals surface area contributed by atoms with Crippen LogP contribution in [-0.4, -0.2) is 61.4 Å². The van der Waals surface area contributed by atoms with E-state index in [0.29, 0.717) is 29.2 Å². The summed E-state index contributed by atoms with van der Waals surface area (Å²) in [4.78, 5) is 32.6. The van der Waals surface area contributed by atoms with Gasteiger partial charge in [0.05, 0.1) is 16.1 Å². The van der Waals surface area contributed by atoms with Crippen LogP contribution in [0.15, 0.2) is 72.1 Å². The zero-order valence-electron chi connectivity index (χ0n) is 17.7. The summed E-state index contributed by atoms with van der Waals surface area (Å²) >= 11 is 1.41. The fraction of sp³-hybridized carbons (Fsp3) is 0.280. The Hall–Kier alpha value is -2.96. The van der Waals surface area contributed by atoms with Crippen LogP contribution in [0.3, 0.4) is 0 Å². The standard InChI is InChI=1S/C25H27N3O2S/c1-26(25(30)23-12-7-19-31-23)22-11-6-5-10-21(22)24(29)28-17-15-27(16-18-28)14-13-20-8-3-2-4-9-20/h2-12,19H,13-18H2,1H3. The molecule has 5 nitrogen and oxygen atoms in total. The molecular weight excluding hydrogens is 406 g/mol. The lowest BCUT2D eigenvalue weighted by molar-refractivity contribution is 0.0639. The predicted molar refractivity (Wildman–Crippen MR) is 126 cm³/mol. The molecule has 2 amide bonds. The van der Waals surface area contributed by atoms with Crippen LogP contribution in [0.2, 0.25) is 0 Å². The first-order chi connectivity index (χ1) is 15.1. The van der Waals surface area contributed by atoms with Crippen molar-refractivity contribution in [1.29, 1.82) is 0 Å². The number of benzene rings is 2. The minimum Gasteiger partial charge on any atom is -0.336 e. The molecule has 160 valence electrons. The Morgan fingerprint density at radius 2 is 1.61 bits per heavy atom. The maximum absolute atomic E-state index is 13.3. The van der Waals surface area contributed by atoms with Crippen LogP contribution in [0.4, 0.5) is 5.69 Å². The molecule has 0 radical (unpaired) electrons. The molecular formula is C25H27N3O2S. The zero-order valence-corrected chi connectivity index (χ0v) is 18.6. The lowest BCUT2D eigenvalue weighted by atomic mass is 10.1. The number of nitrogens with zero attached hydrogens (tertiary/aromatic N) is 3. The number of thiophene rings is 1. The Kier molecular flexibility index (Phi) is 6.79. The van der Waals surface area contributed by atoms with Crippen molar-refractivity contribution in [2.24, 2.45) is 0 Å². The maximum atomic E-state index is 13.3. The van der Waals surface area contributed by atoms with Gasteiger partial charge in [0.1, 0.15) is 0 Å². The second-order valence-corrected chi connectivity index (χ2v) is 8.68. The second-order valence-electron chi connectivity index (χ2n) is 7.73. The molecule has 2 heterocycles. The van der Waals surface area contributed by atoms with Crippen molar-refractivity contribution in [2.75, 3.05) is 44.7 Å². The Morgan fingerprint density at radius 1 is 0.903 bits per heavy atom. The van der Waals surface area contributed by atoms with Crippen molar-refractivity contribution in [2.45, 2.75) is 6.42 Å². The summed E-state index contributed by atoms with van der Waals surface area (Å²) in [5.41, 5.74) is 2.57. The van der Waals surface area contributed by atoms with Gasteiger partial charge in [0, 0.05) is 39.8 Å². The first kappa shape index (κ1) is 21.3. The molecule has 0 spiro atoms. The fourth-order valence-electron chi connectivity index (χ4n) is 3.90. The molecule has 0 bridgehead atoms. The van der Waals surface area contributed by atoms with Crippen molar-refractivity contribution < 1.29 is 9.59 Å². The highest BCUT2D eigenvalue weighted by molar-refractivity contribution is 7.12. The van der Waals surface area contributed by atoms with Crippen molar-refractivity contribution in [3.05, 3.63) is 88.1 Å². The van der Waals surface area contributed by atoms with Gasteiger partial charge in [0.2, 0.25) is 0 Å². The summed E-state index contributed by atoms with van der Waals surface area (Å²) in [5.74, 6) is -0.106. The van der Waals surface area contributed by atoms with E-state index in [1.165, 1.54) is 16.9 Å². The normalized spacial score (nSPS) is 14.4. The maximum Gasteiger partial charge on any atom is 0.268 e. The molecule has 1 aromatic heterocycles. The third-order valence-electron chi connectivity index (χ3n) is 5.75. The van der Waals surface area contributed by atoms with Gasteiger partial charge in [-0.3, -0.25) is 14.5 Å². The lowest BCUT2D eigenvalue weighted by Gasteiger charge is -2.35. The van der Waals surface area contributed by atoms with E-state index in [4.69, 9.17) is 0 Å². The monoisotopic (exact) mass is 433 g/mol. The Bertz CT molecular complexity index is 1010. The molecule has 3 aromatic rings. The quantitative estimate of drug-likeness (QED) is 0.590. The van der Waals surface area contributed by atoms with E-state index < -0.39 is 0 Å². The van der Waals surface area contributed by atoms with E-state index in [-0.39, 0.29) is 11.8 Å². The van der Waals surface area contributed by atoms with Gasteiger partial charge in [-0.05, 0) is 35.6 Å². The van der Waals surface area contributed by atoms with Crippen molar-refractivity contribution in [1.82, 2.24) is 9.80 Å². The molecule has 1 fully saturated rings. The first-order valence-electron chi connectivity index (χ1n) is 10.6. The molecule has 0 N–H and O–H groups in total. The minimum absolute atomic E-state index is 0.0101. The van der Waals surface area contributed by atoms with Gasteiger partial charge in [-0.25, -0.2) is 0 Å². The Labute approximate surface area is 187 Å². The molecule has 0 unspecified atom stereocenters. The molecule has 1 saturated heterocycles. The smallest absolute Gasteiger partial charge is 0.268 e. The molecule has 6 heteroatoms. The summed E-state index contributed by atoms with van der Waals surface area (Å²) < 4.78 is 0. The highest BCUT2D eigenvalue weighted by atomic mass is 32.1. The van der Waals surface area contributed by atoms with E-state index in [0.717, 1.165) is 26.1 Å². The number of rotatable bonds is 6. The third-order valence-corrected chi connectivity index (χ3v) is 6.61. The van der Waals surface area contributed by atoms with Gasteiger partial charge in [0.15, 0.2) is 0 Å². The number of amides is 2. The molecule has 4 rings (SSSR count). The summed E-state index contributed by atoms with van der Waals surface area (Å²) in [6.07, 6.45) is 1.02. The van der Waals surface area contributed by atoms with Gasteiger partial charge in [-0.1, -0.05) is 48.5 Å². The van der Waals surface area contributed by atoms with Gasteiger partial charge in [0.25, 0.3) is 11.8 Å². The van der Waals surface area contributed by atoms with Crippen LogP contribution in [0.1, 0.15) is 25.6 Å². The molecule has 0 saturated carbocycles. The molecule has 31 heavy (non-hydrogen) atoms. The van der Waals surface area contributed by atoms with E-state index in [1.807, 2.05) is 52.7 Å². The fourth-order valence-corrected chi connectivity index (χ4v) is 4.60. The van der Waals surface area contributed by atoms with E-state index in [1.54, 1.807) is 11.9 Å². The van der Waals surface area contributed by atoms with E-state index in [2.05, 4.69) is 29.2 Å². The average molecular weight is 434 g/mol. The number of carbonyl (C=O) groups is 2. The van der Waals surface area contributed by atoms with E-state index in [9.17, 15) is 9.59 Å². The van der Waals surface area contributed by atoms with Gasteiger partial charge in [-0.15, -0.1) is 11.3 Å². The number of anilines is 1. The van der Waals surface area contributed by atoms with Crippen LogP contribution in [-0.2, 0) is 6.42 Å². The summed E-state index contributed by atoms with van der Waals surface area (Å²) in [5, 5.41) is 1.88. The molecule has 0 atom stereocenters. The molecule has 0 aliphatic carbocycles. The number of hydrogen-bond acceptors (Lipinski definition) is 4. The number of para-hydroxylation sites is 1. The first-order valence-corrected chi connectivity index (χ1v) is 11.5. The van der Waals surface area contributed by atoms with Crippen LogP contribution < -0.4 is 4.90 Å². The minimum atomic E-state index is -0.0963. The average Bonchev–Trinajstić information content (AvgIpc) is 3.37. The topological polar surface area (TPSA) is 43.9 Å². The Morgan fingerprint density at radius 3 is 2.32 bits per heavy atom. The van der Waals surface area contributed by atoms with Crippen molar-refractivity contribution in [3.63, 3.8) is 0 Å². The predicted octanol–water partition coefficient (Wildman–Crippen LogP) is 4.03. The summed E-state index contributed by atoms with van der Waals surface area (Å²) in [6.45, 7) is 4.13. The van der Waals surface area contributed by atoms with Crippen LogP contribution in [0.25, 0.3) is 0 Å². The van der Waals surface area contributed by atoms with Gasteiger partial charge < -0.3 is 9.80 Å². The van der Waals surface area contributed by atoms with Gasteiger partial charge in [-0.2, -0.15) is 0 Å². The number of piperazine rings is 1. The van der Waals surface area contributed by atoms with Crippen LogP contribution in [0.5, 0.6) is 0 Å². The summed E-state index contributed by atoms with van der Waals surface area (Å²) in [7, 11) is 1.73. The highest BCUT2D eigenvalue weighted by Gasteiger charge is 2.26. The number of hydrogen-bond donors (Lipinski definition) is 0. The van der Waals surface area contributed by atoms with E-state index >= 15 is 0 Å². The van der Waals surface area contributed by atoms with Crippen molar-refractivity contribution >= 4 is 28.8 Å². The third kappa shape index (κ3) is 5.03. The second kappa shape index (κ2) is 9.90. The van der Waals surface area contributed by atoms with Crippen LogP contribution >= 0.6 is 11.3 Å². The molecule has 1 aliphatic rings.